The van der Waals surface area contributed by atoms with Crippen molar-refractivity contribution >= 4 is 0 Å². The van der Waals surface area contributed by atoms with Gasteiger partial charge in [0.25, 0.3) is 0 Å². The number of rotatable bonds is 5. The molecule has 17 heavy (non-hydrogen) atoms. The minimum Gasteiger partial charge on any atom is -0.490 e. The average Bonchev–Trinajstić information content (AvgIpc) is 2.84. The molecule has 90 valence electrons. The third kappa shape index (κ3) is 3.04. The summed E-state index contributed by atoms with van der Waals surface area (Å²) in [6.45, 7) is 3.59. The molecule has 0 aromatic carbocycles. The molecule has 0 saturated carbocycles. The minimum atomic E-state index is 0.388. The molecule has 0 atom stereocenters. The molecule has 2 aromatic heterocycles. The van der Waals surface area contributed by atoms with Gasteiger partial charge in [-0.3, -0.25) is 9.67 Å². The Labute approximate surface area is 100 Å². The van der Waals surface area contributed by atoms with E-state index in [0.717, 1.165) is 17.1 Å². The van der Waals surface area contributed by atoms with E-state index in [1.54, 1.807) is 6.20 Å². The first kappa shape index (κ1) is 11.6. The van der Waals surface area contributed by atoms with Gasteiger partial charge in [-0.2, -0.15) is 5.10 Å². The Kier molecular flexibility index (Phi) is 3.72. The molecular formula is C12H16N4O. The quantitative estimate of drug-likeness (QED) is 0.839. The summed E-state index contributed by atoms with van der Waals surface area (Å²) in [6, 6.07) is 5.72. The van der Waals surface area contributed by atoms with E-state index in [4.69, 9.17) is 10.5 Å². The van der Waals surface area contributed by atoms with Crippen LogP contribution in [0.4, 0.5) is 0 Å². The topological polar surface area (TPSA) is 66.0 Å². The highest BCUT2D eigenvalue weighted by Gasteiger charge is 2.04. The standard InChI is InChI=1S/C12H16N4O/c1-10-3-4-12(11(9-13)15-10)17-8-7-16-6-2-5-14-16/h2-6H,7-9,13H2,1H3. The van der Waals surface area contributed by atoms with Gasteiger partial charge in [0.2, 0.25) is 0 Å². The summed E-state index contributed by atoms with van der Waals surface area (Å²) in [7, 11) is 0. The molecule has 0 unspecified atom stereocenters. The molecule has 5 heteroatoms. The molecule has 0 fully saturated rings. The van der Waals surface area contributed by atoms with Crippen LogP contribution in [-0.2, 0) is 13.1 Å². The number of nitrogens with two attached hydrogens (primary N) is 1. The van der Waals surface area contributed by atoms with Crippen LogP contribution in [0.5, 0.6) is 5.75 Å². The van der Waals surface area contributed by atoms with E-state index in [1.807, 2.05) is 36.0 Å². The predicted molar refractivity (Wildman–Crippen MR) is 64.6 cm³/mol. The highest BCUT2D eigenvalue weighted by atomic mass is 16.5. The van der Waals surface area contributed by atoms with Crippen LogP contribution >= 0.6 is 0 Å². The third-order valence-electron chi connectivity index (χ3n) is 2.40. The number of aromatic nitrogens is 3. The smallest absolute Gasteiger partial charge is 0.142 e. The van der Waals surface area contributed by atoms with Crippen LogP contribution in [0.15, 0.2) is 30.6 Å². The molecule has 0 aliphatic carbocycles. The van der Waals surface area contributed by atoms with E-state index in [0.29, 0.717) is 19.7 Å². The second-order valence-electron chi connectivity index (χ2n) is 3.72. The van der Waals surface area contributed by atoms with Gasteiger partial charge in [0.05, 0.1) is 12.2 Å². The zero-order valence-electron chi connectivity index (χ0n) is 9.84. The van der Waals surface area contributed by atoms with Gasteiger partial charge in [0, 0.05) is 24.6 Å². The Balaban J connectivity index is 1.94. The van der Waals surface area contributed by atoms with Crippen molar-refractivity contribution in [3.05, 3.63) is 42.0 Å². The summed E-state index contributed by atoms with van der Waals surface area (Å²) in [6.07, 6.45) is 3.65. The van der Waals surface area contributed by atoms with Gasteiger partial charge in [-0.25, -0.2) is 0 Å². The Morgan fingerprint density at radius 2 is 2.29 bits per heavy atom. The lowest BCUT2D eigenvalue weighted by molar-refractivity contribution is 0.287. The summed E-state index contributed by atoms with van der Waals surface area (Å²) in [5.41, 5.74) is 7.37. The Morgan fingerprint density at radius 1 is 1.41 bits per heavy atom. The Morgan fingerprint density at radius 3 is 3.00 bits per heavy atom. The number of ether oxygens (including phenoxy) is 1. The molecule has 0 bridgehead atoms. The van der Waals surface area contributed by atoms with Crippen molar-refractivity contribution in [3.8, 4) is 5.75 Å². The van der Waals surface area contributed by atoms with E-state index in [1.165, 1.54) is 0 Å². The SMILES string of the molecule is Cc1ccc(OCCn2cccn2)c(CN)n1. The van der Waals surface area contributed by atoms with Gasteiger partial charge in [0.1, 0.15) is 12.4 Å². The van der Waals surface area contributed by atoms with Crippen molar-refractivity contribution in [2.75, 3.05) is 6.61 Å². The third-order valence-corrected chi connectivity index (χ3v) is 2.40. The maximum Gasteiger partial charge on any atom is 0.142 e. The fourth-order valence-corrected chi connectivity index (χ4v) is 1.56. The molecule has 2 heterocycles. The molecule has 0 radical (unpaired) electrons. The van der Waals surface area contributed by atoms with Gasteiger partial charge >= 0.3 is 0 Å². The largest absolute Gasteiger partial charge is 0.490 e. The van der Waals surface area contributed by atoms with E-state index in [-0.39, 0.29) is 0 Å². The fraction of sp³-hybridized carbons (Fsp3) is 0.333. The number of aryl methyl sites for hydroxylation is 1. The molecule has 2 N–H and O–H groups in total. The number of nitrogens with zero attached hydrogens (tertiary/aromatic N) is 3. The van der Waals surface area contributed by atoms with E-state index < -0.39 is 0 Å². The molecule has 0 aliphatic heterocycles. The van der Waals surface area contributed by atoms with Crippen LogP contribution in [0.2, 0.25) is 0 Å². The van der Waals surface area contributed by atoms with E-state index in [9.17, 15) is 0 Å². The molecule has 5 nitrogen and oxygen atoms in total. The van der Waals surface area contributed by atoms with Crippen molar-refractivity contribution in [1.29, 1.82) is 0 Å². The van der Waals surface area contributed by atoms with Crippen LogP contribution in [-0.4, -0.2) is 21.4 Å². The van der Waals surface area contributed by atoms with Crippen molar-refractivity contribution < 1.29 is 4.74 Å². The van der Waals surface area contributed by atoms with Crippen molar-refractivity contribution in [1.82, 2.24) is 14.8 Å². The van der Waals surface area contributed by atoms with Crippen LogP contribution in [0.1, 0.15) is 11.4 Å². The van der Waals surface area contributed by atoms with E-state index >= 15 is 0 Å². The van der Waals surface area contributed by atoms with E-state index in [2.05, 4.69) is 10.1 Å². The number of hydrogen-bond donors (Lipinski definition) is 1. The van der Waals surface area contributed by atoms with Crippen LogP contribution in [0.25, 0.3) is 0 Å². The molecular weight excluding hydrogens is 216 g/mol. The average molecular weight is 232 g/mol. The van der Waals surface area contributed by atoms with Crippen molar-refractivity contribution in [3.63, 3.8) is 0 Å². The first-order valence-corrected chi connectivity index (χ1v) is 5.56. The molecule has 0 amide bonds. The molecule has 0 saturated heterocycles. The van der Waals surface area contributed by atoms with Crippen LogP contribution in [0, 0.1) is 6.92 Å². The molecule has 0 spiro atoms. The monoisotopic (exact) mass is 232 g/mol. The minimum absolute atomic E-state index is 0.388. The lowest BCUT2D eigenvalue weighted by Gasteiger charge is -2.10. The van der Waals surface area contributed by atoms with Crippen molar-refractivity contribution in [2.24, 2.45) is 5.73 Å². The highest BCUT2D eigenvalue weighted by Crippen LogP contribution is 2.16. The van der Waals surface area contributed by atoms with Crippen LogP contribution < -0.4 is 10.5 Å². The van der Waals surface area contributed by atoms with Gasteiger partial charge in [0.15, 0.2) is 0 Å². The predicted octanol–water partition coefficient (Wildman–Crippen LogP) is 1.12. The second kappa shape index (κ2) is 5.45. The summed E-state index contributed by atoms with van der Waals surface area (Å²) < 4.78 is 7.48. The first-order chi connectivity index (χ1) is 8.29. The molecule has 2 aromatic rings. The summed E-state index contributed by atoms with van der Waals surface area (Å²) in [5, 5.41) is 4.10. The fourth-order valence-electron chi connectivity index (χ4n) is 1.56. The highest BCUT2D eigenvalue weighted by molar-refractivity contribution is 5.29. The number of hydrogen-bond acceptors (Lipinski definition) is 4. The Bertz CT molecular complexity index is 467. The number of pyridine rings is 1. The van der Waals surface area contributed by atoms with Gasteiger partial charge in [-0.15, -0.1) is 0 Å². The summed E-state index contributed by atoms with van der Waals surface area (Å²) in [4.78, 5) is 4.33. The molecule has 0 aliphatic rings. The maximum absolute atomic E-state index is 5.65. The van der Waals surface area contributed by atoms with Crippen molar-refractivity contribution in [2.45, 2.75) is 20.0 Å². The summed E-state index contributed by atoms with van der Waals surface area (Å²) >= 11 is 0. The lowest BCUT2D eigenvalue weighted by Crippen LogP contribution is -2.11. The van der Waals surface area contributed by atoms with Gasteiger partial charge < -0.3 is 10.5 Å². The summed E-state index contributed by atoms with van der Waals surface area (Å²) in [5.74, 6) is 0.755. The van der Waals surface area contributed by atoms with Crippen LogP contribution in [0.3, 0.4) is 0 Å². The lowest BCUT2D eigenvalue weighted by atomic mass is 10.3. The first-order valence-electron chi connectivity index (χ1n) is 5.56. The zero-order chi connectivity index (χ0) is 12.1. The second-order valence-corrected chi connectivity index (χ2v) is 3.72. The normalized spacial score (nSPS) is 10.5. The maximum atomic E-state index is 5.65. The van der Waals surface area contributed by atoms with Gasteiger partial charge in [-0.1, -0.05) is 0 Å². The Hall–Kier alpha value is -1.88. The van der Waals surface area contributed by atoms with Gasteiger partial charge in [-0.05, 0) is 25.1 Å². The molecule has 2 rings (SSSR count). The zero-order valence-corrected chi connectivity index (χ0v) is 9.84.